The number of nitrogens with one attached hydrogen (secondary N) is 3. The van der Waals surface area contributed by atoms with Crippen LogP contribution in [0.25, 0.3) is 0 Å². The normalized spacial score (nSPS) is 18.1. The predicted molar refractivity (Wildman–Crippen MR) is 90.1 cm³/mol. The maximum atomic E-state index is 12.3. The number of hydrogen-bond donors (Lipinski definition) is 3. The highest BCUT2D eigenvalue weighted by Crippen LogP contribution is 2.17. The molecule has 1 saturated heterocycles. The Bertz CT molecular complexity index is 601. The molecule has 1 fully saturated rings. The second-order valence-corrected chi connectivity index (χ2v) is 7.08. The number of para-hydroxylation sites is 1. The van der Waals surface area contributed by atoms with Gasteiger partial charge in [-0.25, -0.2) is 8.42 Å². The van der Waals surface area contributed by atoms with Gasteiger partial charge in [0, 0.05) is 12.6 Å². The molecule has 0 aromatic heterocycles. The third-order valence-corrected chi connectivity index (χ3v) is 4.74. The van der Waals surface area contributed by atoms with Gasteiger partial charge in [-0.2, -0.15) is 0 Å². The smallest absolute Gasteiger partial charge is 0.253 e. The Morgan fingerprint density at radius 2 is 2.09 bits per heavy atom. The van der Waals surface area contributed by atoms with E-state index >= 15 is 0 Å². The molecule has 0 aliphatic carbocycles. The summed E-state index contributed by atoms with van der Waals surface area (Å²) in [6.45, 7) is 3.27. The molecule has 6 nitrogen and oxygen atoms in total. The van der Waals surface area contributed by atoms with Crippen LogP contribution in [-0.2, 0) is 10.0 Å². The van der Waals surface area contributed by atoms with E-state index in [9.17, 15) is 13.2 Å². The van der Waals surface area contributed by atoms with Crippen LogP contribution in [0.5, 0.6) is 0 Å². The molecular formula is C14H22ClN3O3S. The molecular weight excluding hydrogens is 326 g/mol. The lowest BCUT2D eigenvalue weighted by Crippen LogP contribution is -2.45. The molecule has 0 saturated carbocycles. The molecule has 1 aromatic rings. The summed E-state index contributed by atoms with van der Waals surface area (Å²) in [7, 11) is -3.40. The first-order chi connectivity index (χ1) is 10.0. The first-order valence-corrected chi connectivity index (χ1v) is 8.78. The van der Waals surface area contributed by atoms with E-state index in [0.717, 1.165) is 25.9 Å². The second kappa shape index (κ2) is 8.36. The number of halogens is 1. The molecule has 1 heterocycles. The SMILES string of the molecule is CCS(=O)(=O)Nc1ccccc1C(=O)NC1CCCNC1.Cl. The zero-order valence-electron chi connectivity index (χ0n) is 12.5. The van der Waals surface area contributed by atoms with E-state index < -0.39 is 10.0 Å². The number of piperidine rings is 1. The fourth-order valence-corrected chi connectivity index (χ4v) is 2.91. The lowest BCUT2D eigenvalue weighted by atomic mass is 10.1. The topological polar surface area (TPSA) is 87.3 Å². The Morgan fingerprint density at radius 1 is 1.36 bits per heavy atom. The molecule has 1 aliphatic rings. The van der Waals surface area contributed by atoms with E-state index in [4.69, 9.17) is 0 Å². The summed E-state index contributed by atoms with van der Waals surface area (Å²) in [6, 6.07) is 6.73. The number of rotatable bonds is 5. The number of sulfonamides is 1. The van der Waals surface area contributed by atoms with Crippen molar-refractivity contribution >= 4 is 34.0 Å². The number of hydrogen-bond acceptors (Lipinski definition) is 4. The first-order valence-electron chi connectivity index (χ1n) is 7.13. The fraction of sp³-hybridized carbons (Fsp3) is 0.500. The predicted octanol–water partition coefficient (Wildman–Crippen LogP) is 1.35. The molecule has 0 bridgehead atoms. The monoisotopic (exact) mass is 347 g/mol. The molecule has 1 aromatic carbocycles. The summed E-state index contributed by atoms with van der Waals surface area (Å²) in [5.74, 6) is -0.284. The highest BCUT2D eigenvalue weighted by molar-refractivity contribution is 7.92. The standard InChI is InChI=1S/C14H21N3O3S.ClH/c1-2-21(19,20)17-13-8-4-3-7-12(13)14(18)16-11-6-5-9-15-10-11;/h3-4,7-8,11,15,17H,2,5-6,9-10H2,1H3,(H,16,18);1H. The van der Waals surface area contributed by atoms with E-state index in [-0.39, 0.29) is 30.1 Å². The minimum absolute atomic E-state index is 0. The average molecular weight is 348 g/mol. The highest BCUT2D eigenvalue weighted by Gasteiger charge is 2.19. The molecule has 8 heteroatoms. The Balaban J connectivity index is 0.00000242. The van der Waals surface area contributed by atoms with Crippen molar-refractivity contribution in [3.63, 3.8) is 0 Å². The van der Waals surface area contributed by atoms with Crippen LogP contribution in [0.1, 0.15) is 30.1 Å². The number of carbonyl (C=O) groups excluding carboxylic acids is 1. The van der Waals surface area contributed by atoms with Crippen LogP contribution in [0.2, 0.25) is 0 Å². The zero-order chi connectivity index (χ0) is 15.3. The van der Waals surface area contributed by atoms with Gasteiger partial charge in [-0.3, -0.25) is 9.52 Å². The van der Waals surface area contributed by atoms with Gasteiger partial charge in [0.05, 0.1) is 17.0 Å². The van der Waals surface area contributed by atoms with Crippen LogP contribution in [0.3, 0.4) is 0 Å². The summed E-state index contributed by atoms with van der Waals surface area (Å²) in [5, 5.41) is 6.17. The van der Waals surface area contributed by atoms with Gasteiger partial charge < -0.3 is 10.6 Å². The Labute approximate surface area is 137 Å². The summed E-state index contributed by atoms with van der Waals surface area (Å²) in [5.41, 5.74) is 0.667. The largest absolute Gasteiger partial charge is 0.348 e. The molecule has 1 amide bonds. The quantitative estimate of drug-likeness (QED) is 0.750. The Morgan fingerprint density at radius 3 is 2.73 bits per heavy atom. The summed E-state index contributed by atoms with van der Waals surface area (Å²) in [6.07, 6.45) is 1.96. The third kappa shape index (κ3) is 5.15. The van der Waals surface area contributed by atoms with Crippen molar-refractivity contribution in [1.82, 2.24) is 10.6 Å². The number of benzene rings is 1. The average Bonchev–Trinajstić information content (AvgIpc) is 2.48. The van der Waals surface area contributed by atoms with E-state index in [1.165, 1.54) is 0 Å². The molecule has 2 rings (SSSR count). The van der Waals surface area contributed by atoms with Gasteiger partial charge in [0.1, 0.15) is 0 Å². The van der Waals surface area contributed by atoms with E-state index in [0.29, 0.717) is 11.3 Å². The summed E-state index contributed by atoms with van der Waals surface area (Å²) in [4.78, 5) is 12.3. The van der Waals surface area contributed by atoms with Crippen LogP contribution in [0, 0.1) is 0 Å². The van der Waals surface area contributed by atoms with Crippen LogP contribution < -0.4 is 15.4 Å². The van der Waals surface area contributed by atoms with E-state index in [2.05, 4.69) is 15.4 Å². The minimum Gasteiger partial charge on any atom is -0.348 e. The maximum Gasteiger partial charge on any atom is 0.253 e. The van der Waals surface area contributed by atoms with Gasteiger partial charge in [0.25, 0.3) is 5.91 Å². The molecule has 22 heavy (non-hydrogen) atoms. The summed E-state index contributed by atoms with van der Waals surface area (Å²) >= 11 is 0. The van der Waals surface area contributed by atoms with Crippen molar-refractivity contribution in [2.75, 3.05) is 23.6 Å². The maximum absolute atomic E-state index is 12.3. The lowest BCUT2D eigenvalue weighted by Gasteiger charge is -2.24. The number of amides is 1. The van der Waals surface area contributed by atoms with Gasteiger partial charge in [-0.1, -0.05) is 12.1 Å². The first kappa shape index (κ1) is 18.7. The van der Waals surface area contributed by atoms with Gasteiger partial charge in [-0.05, 0) is 38.4 Å². The van der Waals surface area contributed by atoms with Crippen LogP contribution >= 0.6 is 12.4 Å². The second-order valence-electron chi connectivity index (χ2n) is 5.07. The molecule has 0 spiro atoms. The van der Waals surface area contributed by atoms with Crippen molar-refractivity contribution in [3.05, 3.63) is 29.8 Å². The van der Waals surface area contributed by atoms with Gasteiger partial charge in [-0.15, -0.1) is 12.4 Å². The van der Waals surface area contributed by atoms with Gasteiger partial charge in [0.2, 0.25) is 10.0 Å². The molecule has 3 N–H and O–H groups in total. The van der Waals surface area contributed by atoms with Gasteiger partial charge in [0.15, 0.2) is 0 Å². The molecule has 0 radical (unpaired) electrons. The van der Waals surface area contributed by atoms with Crippen LogP contribution in [0.15, 0.2) is 24.3 Å². The van der Waals surface area contributed by atoms with Crippen molar-refractivity contribution in [1.29, 1.82) is 0 Å². The summed E-state index contributed by atoms with van der Waals surface area (Å²) < 4.78 is 25.8. The molecule has 1 aliphatic heterocycles. The fourth-order valence-electron chi connectivity index (χ4n) is 2.25. The third-order valence-electron chi connectivity index (χ3n) is 3.45. The van der Waals surface area contributed by atoms with Gasteiger partial charge >= 0.3 is 0 Å². The van der Waals surface area contributed by atoms with Crippen molar-refractivity contribution < 1.29 is 13.2 Å². The lowest BCUT2D eigenvalue weighted by molar-refractivity contribution is 0.0931. The Hall–Kier alpha value is -1.31. The van der Waals surface area contributed by atoms with E-state index in [1.54, 1.807) is 31.2 Å². The molecule has 1 atom stereocenters. The van der Waals surface area contributed by atoms with E-state index in [1.807, 2.05) is 0 Å². The highest BCUT2D eigenvalue weighted by atomic mass is 35.5. The van der Waals surface area contributed by atoms with Crippen LogP contribution in [-0.4, -0.2) is 39.2 Å². The van der Waals surface area contributed by atoms with Crippen molar-refractivity contribution in [2.24, 2.45) is 0 Å². The Kier molecular flexibility index (Phi) is 7.12. The number of anilines is 1. The molecule has 1 unspecified atom stereocenters. The minimum atomic E-state index is -3.40. The van der Waals surface area contributed by atoms with Crippen molar-refractivity contribution in [3.8, 4) is 0 Å². The molecule has 124 valence electrons. The zero-order valence-corrected chi connectivity index (χ0v) is 14.1. The number of carbonyl (C=O) groups is 1. The van der Waals surface area contributed by atoms with Crippen molar-refractivity contribution in [2.45, 2.75) is 25.8 Å². The van der Waals surface area contributed by atoms with Crippen LogP contribution in [0.4, 0.5) is 5.69 Å².